The number of nitrogens with zero attached hydrogens (tertiary/aromatic N) is 2. The Morgan fingerprint density at radius 2 is 2.29 bits per heavy atom. The standard InChI is InChI=1S/C10H23N3O/c1-12(2)7-10-4-3-5-13(10)6-9(11)8-14/h9-10,14H,3-8,11H2,1-2H3. The van der Waals surface area contributed by atoms with Gasteiger partial charge in [0.1, 0.15) is 0 Å². The molecule has 4 heteroatoms. The van der Waals surface area contributed by atoms with Crippen molar-refractivity contribution in [2.45, 2.75) is 24.9 Å². The lowest BCUT2D eigenvalue weighted by Gasteiger charge is -2.28. The Morgan fingerprint density at radius 1 is 1.57 bits per heavy atom. The van der Waals surface area contributed by atoms with Gasteiger partial charge < -0.3 is 15.7 Å². The van der Waals surface area contributed by atoms with Crippen LogP contribution >= 0.6 is 0 Å². The topological polar surface area (TPSA) is 52.7 Å². The van der Waals surface area contributed by atoms with Gasteiger partial charge in [-0.2, -0.15) is 0 Å². The fourth-order valence-electron chi connectivity index (χ4n) is 2.12. The van der Waals surface area contributed by atoms with Gasteiger partial charge in [0.25, 0.3) is 0 Å². The van der Waals surface area contributed by atoms with Crippen molar-refractivity contribution >= 4 is 0 Å². The Morgan fingerprint density at radius 3 is 2.86 bits per heavy atom. The highest BCUT2D eigenvalue weighted by Crippen LogP contribution is 2.17. The number of hydrogen-bond acceptors (Lipinski definition) is 4. The summed E-state index contributed by atoms with van der Waals surface area (Å²) in [7, 11) is 4.20. The molecule has 1 fully saturated rings. The molecule has 2 atom stereocenters. The molecule has 3 N–H and O–H groups in total. The van der Waals surface area contributed by atoms with E-state index in [9.17, 15) is 0 Å². The molecule has 0 bridgehead atoms. The first-order chi connectivity index (χ1) is 6.63. The Balaban J connectivity index is 2.35. The molecular weight excluding hydrogens is 178 g/mol. The summed E-state index contributed by atoms with van der Waals surface area (Å²) in [6.45, 7) is 3.14. The molecule has 1 rings (SSSR count). The lowest BCUT2D eigenvalue weighted by molar-refractivity contribution is 0.171. The van der Waals surface area contributed by atoms with E-state index in [2.05, 4.69) is 23.9 Å². The van der Waals surface area contributed by atoms with Crippen molar-refractivity contribution in [3.63, 3.8) is 0 Å². The van der Waals surface area contributed by atoms with Crippen LogP contribution in [0.4, 0.5) is 0 Å². The zero-order chi connectivity index (χ0) is 10.6. The SMILES string of the molecule is CN(C)CC1CCCN1CC(N)CO. The van der Waals surface area contributed by atoms with Crippen LogP contribution in [0.2, 0.25) is 0 Å². The third-order valence-corrected chi connectivity index (χ3v) is 2.78. The maximum Gasteiger partial charge on any atom is 0.0595 e. The zero-order valence-corrected chi connectivity index (χ0v) is 9.32. The molecule has 0 amide bonds. The number of hydrogen-bond donors (Lipinski definition) is 2. The van der Waals surface area contributed by atoms with Crippen LogP contribution in [0.15, 0.2) is 0 Å². The summed E-state index contributed by atoms with van der Waals surface area (Å²) >= 11 is 0. The van der Waals surface area contributed by atoms with Crippen molar-refractivity contribution in [3.05, 3.63) is 0 Å². The molecule has 0 radical (unpaired) electrons. The van der Waals surface area contributed by atoms with Gasteiger partial charge in [0.2, 0.25) is 0 Å². The maximum absolute atomic E-state index is 8.90. The molecular formula is C10H23N3O. The predicted octanol–water partition coefficient (Wildman–Crippen LogP) is -0.668. The molecule has 0 aromatic carbocycles. The smallest absolute Gasteiger partial charge is 0.0595 e. The van der Waals surface area contributed by atoms with Crippen LogP contribution in [0.3, 0.4) is 0 Å². The van der Waals surface area contributed by atoms with E-state index < -0.39 is 0 Å². The van der Waals surface area contributed by atoms with Crippen LogP contribution in [0, 0.1) is 0 Å². The normalized spacial score (nSPS) is 25.9. The molecule has 0 spiro atoms. The van der Waals surface area contributed by atoms with Gasteiger partial charge in [-0.1, -0.05) is 0 Å². The van der Waals surface area contributed by atoms with Crippen molar-refractivity contribution in [2.24, 2.45) is 5.73 Å². The minimum Gasteiger partial charge on any atom is -0.395 e. The first-order valence-electron chi connectivity index (χ1n) is 5.38. The number of nitrogens with two attached hydrogens (primary N) is 1. The van der Waals surface area contributed by atoms with E-state index in [4.69, 9.17) is 10.8 Å². The highest BCUT2D eigenvalue weighted by Gasteiger charge is 2.25. The Kier molecular flexibility index (Phi) is 4.81. The molecule has 1 heterocycles. The average Bonchev–Trinajstić information content (AvgIpc) is 2.52. The van der Waals surface area contributed by atoms with Gasteiger partial charge in [-0.05, 0) is 33.5 Å². The number of aliphatic hydroxyl groups is 1. The molecule has 1 aliphatic rings. The lowest BCUT2D eigenvalue weighted by Crippen LogP contribution is -2.45. The molecule has 0 aliphatic carbocycles. The highest BCUT2D eigenvalue weighted by atomic mass is 16.3. The number of rotatable bonds is 5. The minimum absolute atomic E-state index is 0.0854. The fraction of sp³-hybridized carbons (Fsp3) is 1.00. The van der Waals surface area contributed by atoms with Crippen LogP contribution in [0.1, 0.15) is 12.8 Å². The second kappa shape index (κ2) is 5.66. The van der Waals surface area contributed by atoms with E-state index in [0.717, 1.165) is 19.6 Å². The summed E-state index contributed by atoms with van der Waals surface area (Å²) < 4.78 is 0. The lowest BCUT2D eigenvalue weighted by atomic mass is 10.2. The van der Waals surface area contributed by atoms with Crippen molar-refractivity contribution in [1.29, 1.82) is 0 Å². The second-order valence-corrected chi connectivity index (χ2v) is 4.50. The largest absolute Gasteiger partial charge is 0.395 e. The Labute approximate surface area is 86.7 Å². The van der Waals surface area contributed by atoms with Crippen molar-refractivity contribution in [3.8, 4) is 0 Å². The van der Waals surface area contributed by atoms with Crippen molar-refractivity contribution in [1.82, 2.24) is 9.80 Å². The van der Waals surface area contributed by atoms with E-state index in [-0.39, 0.29) is 12.6 Å². The molecule has 0 aromatic rings. The summed E-state index contributed by atoms with van der Waals surface area (Å²) in [6.07, 6.45) is 2.52. The summed E-state index contributed by atoms with van der Waals surface area (Å²) in [6, 6.07) is 0.542. The monoisotopic (exact) mass is 201 g/mol. The molecule has 4 nitrogen and oxygen atoms in total. The number of likely N-dealkylation sites (tertiary alicyclic amines) is 1. The zero-order valence-electron chi connectivity index (χ0n) is 9.32. The van der Waals surface area contributed by atoms with E-state index in [0.29, 0.717) is 6.04 Å². The fourth-order valence-corrected chi connectivity index (χ4v) is 2.12. The van der Waals surface area contributed by atoms with Gasteiger partial charge in [-0.25, -0.2) is 0 Å². The van der Waals surface area contributed by atoms with Gasteiger partial charge in [0.15, 0.2) is 0 Å². The summed E-state index contributed by atoms with van der Waals surface area (Å²) in [5.41, 5.74) is 5.74. The molecule has 0 aromatic heterocycles. The van der Waals surface area contributed by atoms with Gasteiger partial charge in [0.05, 0.1) is 6.61 Å². The second-order valence-electron chi connectivity index (χ2n) is 4.50. The maximum atomic E-state index is 8.90. The minimum atomic E-state index is -0.0854. The van der Waals surface area contributed by atoms with E-state index in [1.807, 2.05) is 0 Å². The van der Waals surface area contributed by atoms with Crippen LogP contribution in [-0.4, -0.2) is 67.3 Å². The van der Waals surface area contributed by atoms with E-state index in [1.165, 1.54) is 12.8 Å². The molecule has 1 aliphatic heterocycles. The summed E-state index contributed by atoms with van der Waals surface area (Å²) in [5, 5.41) is 8.90. The van der Waals surface area contributed by atoms with Crippen molar-refractivity contribution in [2.75, 3.05) is 40.3 Å². The van der Waals surface area contributed by atoms with Crippen LogP contribution < -0.4 is 5.73 Å². The van der Waals surface area contributed by atoms with Gasteiger partial charge in [-0.15, -0.1) is 0 Å². The predicted molar refractivity (Wildman–Crippen MR) is 58.2 cm³/mol. The van der Waals surface area contributed by atoms with Gasteiger partial charge in [-0.3, -0.25) is 4.90 Å². The first-order valence-corrected chi connectivity index (χ1v) is 5.38. The highest BCUT2D eigenvalue weighted by molar-refractivity contribution is 4.83. The number of likely N-dealkylation sites (N-methyl/N-ethyl adjacent to an activating group) is 1. The molecule has 84 valence electrons. The quantitative estimate of drug-likeness (QED) is 0.619. The number of aliphatic hydroxyl groups excluding tert-OH is 1. The Bertz CT molecular complexity index is 163. The van der Waals surface area contributed by atoms with Crippen molar-refractivity contribution < 1.29 is 5.11 Å². The van der Waals surface area contributed by atoms with Gasteiger partial charge in [0, 0.05) is 25.2 Å². The molecule has 2 unspecified atom stereocenters. The van der Waals surface area contributed by atoms with Crippen LogP contribution in [0.25, 0.3) is 0 Å². The van der Waals surface area contributed by atoms with Gasteiger partial charge >= 0.3 is 0 Å². The Hall–Kier alpha value is -0.160. The third kappa shape index (κ3) is 3.53. The molecule has 14 heavy (non-hydrogen) atoms. The molecule has 0 saturated carbocycles. The summed E-state index contributed by atoms with van der Waals surface area (Å²) in [5.74, 6) is 0. The average molecular weight is 201 g/mol. The van der Waals surface area contributed by atoms with Crippen LogP contribution in [-0.2, 0) is 0 Å². The van der Waals surface area contributed by atoms with E-state index in [1.54, 1.807) is 0 Å². The molecule has 1 saturated heterocycles. The first kappa shape index (κ1) is 11.9. The van der Waals surface area contributed by atoms with Crippen LogP contribution in [0.5, 0.6) is 0 Å². The third-order valence-electron chi connectivity index (χ3n) is 2.78. The summed E-state index contributed by atoms with van der Waals surface area (Å²) in [4.78, 5) is 4.62. The van der Waals surface area contributed by atoms with E-state index >= 15 is 0 Å².